The van der Waals surface area contributed by atoms with Crippen LogP contribution in [-0.4, -0.2) is 263 Å². The molecule has 0 aromatic heterocycles. The van der Waals surface area contributed by atoms with E-state index in [0.717, 1.165) is 39.3 Å². The molecule has 0 spiro atoms. The van der Waals surface area contributed by atoms with E-state index in [1.807, 2.05) is 50.4 Å². The van der Waals surface area contributed by atoms with Gasteiger partial charge >= 0.3 is 29.8 Å². The first kappa shape index (κ1) is 82.7. The standard InChI is InChI=1S/C32H50N4O10S.C32H42N2O9S.Gd/c1-2-45-16-17-46-15-3-4-28(47)19-26-7-5-25(6-8-26)18-27-20-35(23-31(41)42)12-11-33(21-29(37)38)9-10-34(22-30(39)40)13-14-36(27)24-32(43)44;1-3-43-21-26(35)11-10-22-7-6-9-23(17-22)28(37)19-24(14-16-44-2)31(40)33-20-27(36)18-25(32(41)42)8-4-5-15-34-29(38)12-13-30(34)39;/h5-8,27H,2-4,9-24H2,1H3,(H,37,38)(H,39,40)(H,41,42)(H,43,44);6-7,9,12-13,17,24-25H,3-5,8,10-11,14-16,18-21H2,1-2H3,(H,33,40)(H,41,42);/t;24-,25-;/m.1./s1. The van der Waals surface area contributed by atoms with Crippen molar-refractivity contribution in [2.45, 2.75) is 96.9 Å². The molecule has 1 fully saturated rings. The average molecular weight is 1470 g/mol. The molecule has 92 heavy (non-hydrogen) atoms. The number of hydrogen-bond donors (Lipinski definition) is 6. The minimum atomic E-state index is -1.14. The van der Waals surface area contributed by atoms with Gasteiger partial charge in [0.2, 0.25) is 5.91 Å². The Morgan fingerprint density at radius 2 is 1.23 bits per heavy atom. The minimum Gasteiger partial charge on any atom is -0.481 e. The predicted octanol–water partition coefficient (Wildman–Crippen LogP) is 3.94. The Kier molecular flexibility index (Phi) is 42.7. The van der Waals surface area contributed by atoms with Gasteiger partial charge in [-0.15, -0.1) is 0 Å². The maximum Gasteiger partial charge on any atom is 0.317 e. The number of rotatable bonds is 43. The predicted molar refractivity (Wildman–Crippen MR) is 343 cm³/mol. The van der Waals surface area contributed by atoms with Gasteiger partial charge in [-0.2, -0.15) is 11.8 Å². The second-order valence-electron chi connectivity index (χ2n) is 22.3. The Morgan fingerprint density at radius 1 is 0.641 bits per heavy atom. The van der Waals surface area contributed by atoms with Gasteiger partial charge in [0, 0.05) is 167 Å². The number of nitrogens with one attached hydrogen (secondary N) is 1. The van der Waals surface area contributed by atoms with Crippen LogP contribution in [0, 0.1) is 51.8 Å². The van der Waals surface area contributed by atoms with Crippen molar-refractivity contribution in [1.82, 2.24) is 29.8 Å². The van der Waals surface area contributed by atoms with Crippen molar-refractivity contribution in [2.24, 2.45) is 11.8 Å². The Bertz CT molecular complexity index is 2720. The zero-order valence-electron chi connectivity index (χ0n) is 53.0. The quantitative estimate of drug-likeness (QED) is 0.0237. The number of thioether (sulfide) groups is 1. The molecule has 2 aliphatic rings. The molecule has 25 nitrogen and oxygen atoms in total. The smallest absolute Gasteiger partial charge is 0.317 e. The van der Waals surface area contributed by atoms with Gasteiger partial charge in [0.25, 0.3) is 11.8 Å². The molecule has 4 rings (SSSR count). The molecule has 1 saturated heterocycles. The Labute approximate surface area is 580 Å². The number of ether oxygens (including phenoxy) is 3. The van der Waals surface area contributed by atoms with Crippen molar-refractivity contribution in [3.63, 3.8) is 0 Å². The number of carbonyl (C=O) groups excluding carboxylic acids is 6. The van der Waals surface area contributed by atoms with Crippen LogP contribution in [0.2, 0.25) is 0 Å². The van der Waals surface area contributed by atoms with Crippen LogP contribution < -0.4 is 5.32 Å². The van der Waals surface area contributed by atoms with E-state index in [4.69, 9.17) is 26.4 Å². The number of amides is 3. The van der Waals surface area contributed by atoms with Crippen LogP contribution in [0.1, 0.15) is 98.7 Å². The largest absolute Gasteiger partial charge is 0.481 e. The molecular formula is C64H92GdN6O19S2. The first-order valence-corrected chi connectivity index (χ1v) is 32.6. The molecule has 0 radical (unpaired) electrons. The molecule has 2 aromatic rings. The number of nitrogens with zero attached hydrogens (tertiary/aromatic N) is 5. The number of carboxylic acids is 5. The summed E-state index contributed by atoms with van der Waals surface area (Å²) in [5, 5.41) is 50.5. The summed E-state index contributed by atoms with van der Waals surface area (Å²) in [6, 6.07) is 14.5. The molecule has 28 heteroatoms. The normalized spacial score (nSPS) is 15.8. The van der Waals surface area contributed by atoms with Crippen molar-refractivity contribution in [3.8, 4) is 0 Å². The number of aliphatic carboxylic acids is 5. The molecule has 2 heterocycles. The molecular weight excluding hydrogens is 1380 g/mol. The number of thiocarbonyl (C=S) groups is 1. The van der Waals surface area contributed by atoms with Crippen molar-refractivity contribution in [2.75, 3.05) is 137 Å². The number of imide groups is 1. The third-order valence-electron chi connectivity index (χ3n) is 15.0. The Balaban J connectivity index is 0.000000621. The molecule has 3 amide bonds. The van der Waals surface area contributed by atoms with Crippen LogP contribution in [-0.2, 0) is 81.4 Å². The summed E-state index contributed by atoms with van der Waals surface area (Å²) in [4.78, 5) is 141. The van der Waals surface area contributed by atoms with E-state index in [1.54, 1.807) is 37.8 Å². The van der Waals surface area contributed by atoms with E-state index in [0.29, 0.717) is 89.3 Å². The zero-order valence-corrected chi connectivity index (χ0v) is 56.9. The summed E-state index contributed by atoms with van der Waals surface area (Å²) in [5.74, 6) is -8.23. The van der Waals surface area contributed by atoms with Gasteiger partial charge < -0.3 is 45.1 Å². The fourth-order valence-corrected chi connectivity index (χ4v) is 11.0. The maximum absolute atomic E-state index is 13.1. The van der Waals surface area contributed by atoms with Gasteiger partial charge in [-0.25, -0.2) is 0 Å². The fourth-order valence-electron chi connectivity index (χ4n) is 10.2. The zero-order chi connectivity index (χ0) is 67.1. The van der Waals surface area contributed by atoms with Crippen LogP contribution in [0.4, 0.5) is 0 Å². The van der Waals surface area contributed by atoms with Gasteiger partial charge in [-0.1, -0.05) is 61.1 Å². The minimum absolute atomic E-state index is 0. The van der Waals surface area contributed by atoms with E-state index in [-0.39, 0.29) is 162 Å². The van der Waals surface area contributed by atoms with Gasteiger partial charge in [-0.3, -0.25) is 77.2 Å². The second-order valence-corrected chi connectivity index (χ2v) is 23.8. The van der Waals surface area contributed by atoms with Gasteiger partial charge in [0.1, 0.15) is 6.61 Å². The SMILES string of the molecule is CCOCC(=O)CCc1cccc(C(=O)C[C@@H](CCSC)C(=O)NCC(=O)C[C@@H](CCCCN2C(=O)C=CC2=O)C(=O)O)c1.CCOCCOCCCC(=S)Cc1ccc(CC2CN(CC(=O)O)CCN(CC(=O)O)CCN(CC(=O)O)CCN2CC(=O)O)cc1.[Gd]. The molecule has 0 saturated carbocycles. The van der Waals surface area contributed by atoms with Crippen molar-refractivity contribution in [3.05, 3.63) is 82.9 Å². The molecule has 3 atom stereocenters. The summed E-state index contributed by atoms with van der Waals surface area (Å²) < 4.78 is 16.0. The monoisotopic (exact) mass is 1470 g/mol. The number of ketones is 3. The first-order chi connectivity index (χ1) is 43.5. The number of carboxylic acid groups (broad SMARTS) is 5. The van der Waals surface area contributed by atoms with E-state index in [1.165, 1.54) is 23.9 Å². The molecule has 512 valence electrons. The van der Waals surface area contributed by atoms with E-state index in [2.05, 4.69) is 5.32 Å². The van der Waals surface area contributed by atoms with Crippen molar-refractivity contribution in [1.29, 1.82) is 0 Å². The maximum atomic E-state index is 13.1. The molecule has 2 aliphatic heterocycles. The van der Waals surface area contributed by atoms with Crippen LogP contribution in [0.5, 0.6) is 0 Å². The molecule has 0 bridgehead atoms. The summed E-state index contributed by atoms with van der Waals surface area (Å²) in [6.45, 7) is 7.09. The van der Waals surface area contributed by atoms with Gasteiger partial charge in [0.05, 0.1) is 51.9 Å². The molecule has 2 aromatic carbocycles. The number of Topliss-reactive ketones (excluding diaryl/α,β-unsaturated/α-hetero) is 3. The fraction of sp³-hybridized carbons (Fsp3) is 0.594. The van der Waals surface area contributed by atoms with Gasteiger partial charge in [-0.05, 0) is 98.4 Å². The van der Waals surface area contributed by atoms with E-state index < -0.39 is 71.2 Å². The van der Waals surface area contributed by atoms with Crippen molar-refractivity contribution >= 4 is 93.8 Å². The molecule has 6 N–H and O–H groups in total. The number of aryl methyl sites for hydroxylation is 1. The van der Waals surface area contributed by atoms with Crippen molar-refractivity contribution < 1.29 is 132 Å². The Morgan fingerprint density at radius 3 is 1.83 bits per heavy atom. The third kappa shape index (κ3) is 35.8. The van der Waals surface area contributed by atoms with Gasteiger partial charge in [0.15, 0.2) is 17.3 Å². The first-order valence-electron chi connectivity index (χ1n) is 30.8. The molecule has 1 unspecified atom stereocenters. The summed E-state index contributed by atoms with van der Waals surface area (Å²) in [7, 11) is 0. The number of hydrogen-bond acceptors (Lipinski definition) is 20. The number of unbranched alkanes of at least 4 members (excludes halogenated alkanes) is 1. The number of carbonyl (C=O) groups is 11. The van der Waals surface area contributed by atoms with Crippen LogP contribution in [0.15, 0.2) is 60.7 Å². The van der Waals surface area contributed by atoms with Crippen LogP contribution >= 0.6 is 24.0 Å². The molecule has 0 aliphatic carbocycles. The summed E-state index contributed by atoms with van der Waals surface area (Å²) in [5.41, 5.74) is 3.25. The second kappa shape index (κ2) is 47.5. The third-order valence-corrected chi connectivity index (χ3v) is 16.0. The summed E-state index contributed by atoms with van der Waals surface area (Å²) >= 11 is 7.12. The van der Waals surface area contributed by atoms with Crippen LogP contribution in [0.25, 0.3) is 0 Å². The van der Waals surface area contributed by atoms with Crippen LogP contribution in [0.3, 0.4) is 0 Å². The average Bonchev–Trinajstić information content (AvgIpc) is 1.13. The van der Waals surface area contributed by atoms with E-state index >= 15 is 0 Å². The van der Waals surface area contributed by atoms with E-state index in [9.17, 15) is 78.3 Å². The summed E-state index contributed by atoms with van der Waals surface area (Å²) in [6.07, 6.45) is 8.78. The Hall–Kier alpha value is -5.37. The number of benzene rings is 2. The topological polar surface area (TPSA) is 345 Å².